The summed E-state index contributed by atoms with van der Waals surface area (Å²) in [5.74, 6) is 0.523. The van der Waals surface area contributed by atoms with Gasteiger partial charge in [0.1, 0.15) is 0 Å². The first-order chi connectivity index (χ1) is 8.79. The number of fused-ring (bicyclic) bond motifs is 1. The fraction of sp³-hybridized carbons (Fsp3) is 0.250. The first kappa shape index (κ1) is 10.3. The van der Waals surface area contributed by atoms with Crippen molar-refractivity contribution in [3.05, 3.63) is 70.8 Å². The molecule has 90 valence electrons. The third kappa shape index (κ3) is 1.10. The van der Waals surface area contributed by atoms with E-state index in [1.165, 1.54) is 22.3 Å². The standard InChI is InChI=1S/C16H16N2/c17-15-13-9-5-1-2-6-10(9)14(16(15)18)12-8-4-3-7-11(12)13/h1-8,13-16H,17-18H2/t13?,14?,15-,16-/m0/s1. The number of benzene rings is 2. The van der Waals surface area contributed by atoms with Crippen molar-refractivity contribution in [2.24, 2.45) is 11.5 Å². The summed E-state index contributed by atoms with van der Waals surface area (Å²) in [7, 11) is 0. The van der Waals surface area contributed by atoms with Gasteiger partial charge in [0, 0.05) is 23.9 Å². The molecule has 0 unspecified atom stereocenters. The van der Waals surface area contributed by atoms with Gasteiger partial charge in [0.25, 0.3) is 0 Å². The van der Waals surface area contributed by atoms with Gasteiger partial charge in [-0.3, -0.25) is 0 Å². The van der Waals surface area contributed by atoms with E-state index in [9.17, 15) is 0 Å². The second-order valence-corrected chi connectivity index (χ2v) is 5.37. The van der Waals surface area contributed by atoms with Crippen molar-refractivity contribution in [2.45, 2.75) is 23.9 Å². The third-order valence-electron chi connectivity index (χ3n) is 4.55. The van der Waals surface area contributed by atoms with Crippen LogP contribution in [0.15, 0.2) is 48.5 Å². The van der Waals surface area contributed by atoms with Crippen LogP contribution in [0.4, 0.5) is 0 Å². The Hall–Kier alpha value is -1.64. The minimum absolute atomic E-state index is 0.0276. The first-order valence-corrected chi connectivity index (χ1v) is 6.48. The Morgan fingerprint density at radius 1 is 0.556 bits per heavy atom. The van der Waals surface area contributed by atoms with E-state index in [1.807, 2.05) is 0 Å². The smallest absolute Gasteiger partial charge is 0.0312 e. The number of hydrogen-bond acceptors (Lipinski definition) is 2. The van der Waals surface area contributed by atoms with Crippen molar-refractivity contribution in [1.82, 2.24) is 0 Å². The SMILES string of the molecule is N[C@H]1C2c3ccccc3C(c3ccccc32)[C@@H]1N. The molecule has 0 saturated carbocycles. The van der Waals surface area contributed by atoms with Crippen molar-refractivity contribution in [3.63, 3.8) is 0 Å². The summed E-state index contributed by atoms with van der Waals surface area (Å²) >= 11 is 0. The Balaban J connectivity index is 2.06. The molecule has 2 heteroatoms. The van der Waals surface area contributed by atoms with Crippen molar-refractivity contribution in [3.8, 4) is 0 Å². The Morgan fingerprint density at radius 2 is 0.833 bits per heavy atom. The van der Waals surface area contributed by atoms with E-state index in [0.717, 1.165) is 0 Å². The van der Waals surface area contributed by atoms with E-state index in [1.54, 1.807) is 0 Å². The molecule has 18 heavy (non-hydrogen) atoms. The van der Waals surface area contributed by atoms with Crippen molar-refractivity contribution in [1.29, 1.82) is 0 Å². The van der Waals surface area contributed by atoms with E-state index < -0.39 is 0 Å². The second kappa shape index (κ2) is 3.44. The van der Waals surface area contributed by atoms with Crippen LogP contribution in [0.3, 0.4) is 0 Å². The maximum atomic E-state index is 6.37. The summed E-state index contributed by atoms with van der Waals surface area (Å²) in [4.78, 5) is 0. The maximum Gasteiger partial charge on any atom is 0.0312 e. The van der Waals surface area contributed by atoms with Crippen molar-refractivity contribution in [2.75, 3.05) is 0 Å². The first-order valence-electron chi connectivity index (χ1n) is 6.48. The predicted octanol–water partition coefficient (Wildman–Crippen LogP) is 1.93. The van der Waals surface area contributed by atoms with Crippen LogP contribution in [-0.4, -0.2) is 12.1 Å². The Bertz CT molecular complexity index is 518. The van der Waals surface area contributed by atoms with Gasteiger partial charge in [-0.15, -0.1) is 0 Å². The number of hydrogen-bond donors (Lipinski definition) is 2. The lowest BCUT2D eigenvalue weighted by molar-refractivity contribution is 0.385. The van der Waals surface area contributed by atoms with E-state index >= 15 is 0 Å². The van der Waals surface area contributed by atoms with Gasteiger partial charge in [-0.1, -0.05) is 48.5 Å². The van der Waals surface area contributed by atoms with Crippen LogP contribution in [0.2, 0.25) is 0 Å². The monoisotopic (exact) mass is 236 g/mol. The zero-order valence-electron chi connectivity index (χ0n) is 10.1. The molecule has 0 fully saturated rings. The van der Waals surface area contributed by atoms with E-state index in [2.05, 4.69) is 48.5 Å². The molecular weight excluding hydrogens is 220 g/mol. The highest BCUT2D eigenvalue weighted by Crippen LogP contribution is 2.51. The lowest BCUT2D eigenvalue weighted by Gasteiger charge is -2.48. The highest BCUT2D eigenvalue weighted by Gasteiger charge is 2.46. The minimum Gasteiger partial charge on any atom is -0.326 e. The van der Waals surface area contributed by atoms with Crippen LogP contribution >= 0.6 is 0 Å². The Morgan fingerprint density at radius 3 is 1.11 bits per heavy atom. The van der Waals surface area contributed by atoms with Crippen LogP contribution < -0.4 is 11.5 Å². The molecule has 3 aliphatic rings. The van der Waals surface area contributed by atoms with Gasteiger partial charge in [0.15, 0.2) is 0 Å². The van der Waals surface area contributed by atoms with Gasteiger partial charge < -0.3 is 11.5 Å². The predicted molar refractivity (Wildman–Crippen MR) is 72.5 cm³/mol. The largest absolute Gasteiger partial charge is 0.326 e. The summed E-state index contributed by atoms with van der Waals surface area (Å²) in [6, 6.07) is 17.3. The normalized spacial score (nSPS) is 31.9. The van der Waals surface area contributed by atoms with E-state index in [0.29, 0.717) is 0 Å². The molecular formula is C16H16N2. The van der Waals surface area contributed by atoms with Gasteiger partial charge in [0.05, 0.1) is 0 Å². The average molecular weight is 236 g/mol. The molecule has 0 radical (unpaired) electrons. The molecule has 5 rings (SSSR count). The van der Waals surface area contributed by atoms with Gasteiger partial charge in [0.2, 0.25) is 0 Å². The molecule has 0 heterocycles. The summed E-state index contributed by atoms with van der Waals surface area (Å²) in [5.41, 5.74) is 18.2. The summed E-state index contributed by atoms with van der Waals surface area (Å²) in [6.45, 7) is 0. The zero-order valence-corrected chi connectivity index (χ0v) is 10.1. The molecule has 0 aliphatic heterocycles. The molecule has 2 nitrogen and oxygen atoms in total. The summed E-state index contributed by atoms with van der Waals surface area (Å²) < 4.78 is 0. The summed E-state index contributed by atoms with van der Waals surface area (Å²) in [6.07, 6.45) is 0. The summed E-state index contributed by atoms with van der Waals surface area (Å²) in [5, 5.41) is 0. The Labute approximate surface area is 107 Å². The molecule has 2 bridgehead atoms. The zero-order chi connectivity index (χ0) is 12.3. The third-order valence-corrected chi connectivity index (χ3v) is 4.55. The van der Waals surface area contributed by atoms with Crippen molar-refractivity contribution < 1.29 is 0 Å². The lowest BCUT2D eigenvalue weighted by atomic mass is 9.60. The molecule has 3 aliphatic carbocycles. The molecule has 2 aromatic rings. The second-order valence-electron chi connectivity index (χ2n) is 5.37. The molecule has 4 N–H and O–H groups in total. The van der Waals surface area contributed by atoms with Crippen molar-refractivity contribution >= 4 is 0 Å². The number of nitrogens with two attached hydrogens (primary N) is 2. The van der Waals surface area contributed by atoms with Crippen LogP contribution in [-0.2, 0) is 0 Å². The van der Waals surface area contributed by atoms with Crippen LogP contribution in [0.5, 0.6) is 0 Å². The van der Waals surface area contributed by atoms with E-state index in [-0.39, 0.29) is 23.9 Å². The van der Waals surface area contributed by atoms with Crippen LogP contribution in [0, 0.1) is 0 Å². The molecule has 0 spiro atoms. The van der Waals surface area contributed by atoms with Gasteiger partial charge in [-0.05, 0) is 22.3 Å². The maximum absolute atomic E-state index is 6.37. The fourth-order valence-corrected chi connectivity index (χ4v) is 3.76. The Kier molecular flexibility index (Phi) is 1.97. The topological polar surface area (TPSA) is 52.0 Å². The highest BCUT2D eigenvalue weighted by atomic mass is 14.8. The van der Waals surface area contributed by atoms with Gasteiger partial charge in [-0.2, -0.15) is 0 Å². The highest BCUT2D eigenvalue weighted by molar-refractivity contribution is 5.58. The van der Waals surface area contributed by atoms with Gasteiger partial charge >= 0.3 is 0 Å². The molecule has 2 aromatic carbocycles. The van der Waals surface area contributed by atoms with Crippen LogP contribution in [0.1, 0.15) is 34.1 Å². The van der Waals surface area contributed by atoms with E-state index in [4.69, 9.17) is 11.5 Å². The van der Waals surface area contributed by atoms with Gasteiger partial charge in [-0.25, -0.2) is 0 Å². The molecule has 0 saturated heterocycles. The van der Waals surface area contributed by atoms with Crippen LogP contribution in [0.25, 0.3) is 0 Å². The minimum atomic E-state index is 0.0276. The quantitative estimate of drug-likeness (QED) is 0.734. The molecule has 0 aromatic heterocycles. The lowest BCUT2D eigenvalue weighted by Crippen LogP contribution is -2.56. The molecule has 0 amide bonds. The fourth-order valence-electron chi connectivity index (χ4n) is 3.76. The number of rotatable bonds is 0. The average Bonchev–Trinajstić information content (AvgIpc) is 2.42. The molecule has 2 atom stereocenters.